The first-order valence-corrected chi connectivity index (χ1v) is 4.24. The minimum atomic E-state index is -0.661. The molecule has 1 aromatic heterocycles. The maximum Gasteiger partial charge on any atom is 0.218 e. The first-order valence-electron chi connectivity index (χ1n) is 4.24. The van der Waals surface area contributed by atoms with Crippen molar-refractivity contribution in [3.05, 3.63) is 42.4 Å². The Morgan fingerprint density at radius 2 is 1.93 bits per heavy atom. The summed E-state index contributed by atoms with van der Waals surface area (Å²) in [5.74, 6) is -1.04. The van der Waals surface area contributed by atoms with E-state index < -0.39 is 11.6 Å². The molecular formula is C10H8F2N2O. The summed E-state index contributed by atoms with van der Waals surface area (Å²) in [5.41, 5.74) is -0.188. The van der Waals surface area contributed by atoms with E-state index >= 15 is 0 Å². The number of halogens is 2. The zero-order chi connectivity index (χ0) is 10.8. The van der Waals surface area contributed by atoms with Gasteiger partial charge in [-0.2, -0.15) is 0 Å². The van der Waals surface area contributed by atoms with E-state index in [-0.39, 0.29) is 11.6 Å². The minimum absolute atomic E-state index is 0.188. The van der Waals surface area contributed by atoms with Crippen molar-refractivity contribution in [2.24, 2.45) is 0 Å². The Kier molecular flexibility index (Phi) is 2.37. The van der Waals surface area contributed by atoms with Crippen LogP contribution in [0.3, 0.4) is 0 Å². The molecule has 0 saturated carbocycles. The van der Waals surface area contributed by atoms with Crippen molar-refractivity contribution in [1.82, 2.24) is 9.55 Å². The Balaban J connectivity index is 2.63. The van der Waals surface area contributed by atoms with Gasteiger partial charge in [-0.1, -0.05) is 6.07 Å². The topological polar surface area (TPSA) is 27.1 Å². The van der Waals surface area contributed by atoms with Gasteiger partial charge in [0.2, 0.25) is 5.88 Å². The lowest BCUT2D eigenvalue weighted by Gasteiger charge is -2.08. The van der Waals surface area contributed by atoms with E-state index in [1.807, 2.05) is 0 Å². The molecular weight excluding hydrogens is 202 g/mol. The van der Waals surface area contributed by atoms with Crippen LogP contribution >= 0.6 is 0 Å². The number of para-hydroxylation sites is 1. The van der Waals surface area contributed by atoms with Gasteiger partial charge in [-0.05, 0) is 12.1 Å². The molecule has 0 aliphatic carbocycles. The van der Waals surface area contributed by atoms with Gasteiger partial charge in [-0.15, -0.1) is 0 Å². The number of hydrogen-bond donors (Lipinski definition) is 0. The number of rotatable bonds is 2. The molecule has 0 amide bonds. The molecule has 2 aromatic rings. The van der Waals surface area contributed by atoms with Crippen LogP contribution < -0.4 is 4.74 Å². The van der Waals surface area contributed by atoms with Crippen LogP contribution in [0.2, 0.25) is 0 Å². The summed E-state index contributed by atoms with van der Waals surface area (Å²) in [4.78, 5) is 3.76. The van der Waals surface area contributed by atoms with E-state index in [1.54, 1.807) is 0 Å². The lowest BCUT2D eigenvalue weighted by atomic mass is 10.3. The van der Waals surface area contributed by atoms with Gasteiger partial charge in [-0.3, -0.25) is 4.57 Å². The highest BCUT2D eigenvalue weighted by Gasteiger charge is 2.13. The lowest BCUT2D eigenvalue weighted by molar-refractivity contribution is 0.386. The number of benzene rings is 1. The van der Waals surface area contributed by atoms with E-state index in [9.17, 15) is 8.78 Å². The highest BCUT2D eigenvalue weighted by atomic mass is 19.1. The highest BCUT2D eigenvalue weighted by Crippen LogP contribution is 2.22. The lowest BCUT2D eigenvalue weighted by Crippen LogP contribution is -2.02. The SMILES string of the molecule is COc1cncn1-c1c(F)cccc1F. The monoisotopic (exact) mass is 210 g/mol. The third-order valence-electron chi connectivity index (χ3n) is 1.99. The maximum absolute atomic E-state index is 13.4. The molecule has 3 nitrogen and oxygen atoms in total. The average molecular weight is 210 g/mol. The van der Waals surface area contributed by atoms with Crippen LogP contribution in [0.15, 0.2) is 30.7 Å². The standard InChI is InChI=1S/C10H8F2N2O/c1-15-9-5-13-6-14(9)10-7(11)3-2-4-8(10)12/h2-6H,1H3. The quantitative estimate of drug-likeness (QED) is 0.759. The molecule has 5 heteroatoms. The normalized spacial score (nSPS) is 10.3. The van der Waals surface area contributed by atoms with Gasteiger partial charge in [0, 0.05) is 0 Å². The van der Waals surface area contributed by atoms with Crippen molar-refractivity contribution in [1.29, 1.82) is 0 Å². The number of ether oxygens (including phenoxy) is 1. The summed E-state index contributed by atoms with van der Waals surface area (Å²) in [5, 5.41) is 0. The summed E-state index contributed by atoms with van der Waals surface area (Å²) in [6.07, 6.45) is 2.67. The van der Waals surface area contributed by atoms with Gasteiger partial charge in [0.05, 0.1) is 13.3 Å². The second-order valence-electron chi connectivity index (χ2n) is 2.88. The first-order chi connectivity index (χ1) is 7.24. The van der Waals surface area contributed by atoms with Crippen LogP contribution in [0.5, 0.6) is 5.88 Å². The molecule has 0 N–H and O–H groups in total. The smallest absolute Gasteiger partial charge is 0.218 e. The van der Waals surface area contributed by atoms with Crippen molar-refractivity contribution in [3.63, 3.8) is 0 Å². The fraction of sp³-hybridized carbons (Fsp3) is 0.100. The maximum atomic E-state index is 13.4. The van der Waals surface area contributed by atoms with E-state index in [4.69, 9.17) is 4.74 Å². The molecule has 0 bridgehead atoms. The second kappa shape index (κ2) is 3.68. The van der Waals surface area contributed by atoms with E-state index in [1.165, 1.54) is 42.4 Å². The number of aromatic nitrogens is 2. The molecule has 0 saturated heterocycles. The average Bonchev–Trinajstić information content (AvgIpc) is 2.65. The van der Waals surface area contributed by atoms with E-state index in [0.717, 1.165) is 0 Å². The fourth-order valence-corrected chi connectivity index (χ4v) is 1.32. The summed E-state index contributed by atoms with van der Waals surface area (Å²) < 4.78 is 32.9. The molecule has 15 heavy (non-hydrogen) atoms. The van der Waals surface area contributed by atoms with Gasteiger partial charge in [0.15, 0.2) is 0 Å². The third kappa shape index (κ3) is 1.56. The van der Waals surface area contributed by atoms with Crippen molar-refractivity contribution in [2.75, 3.05) is 7.11 Å². The Labute approximate surface area is 84.9 Å². The number of nitrogens with zero attached hydrogens (tertiary/aromatic N) is 2. The molecule has 0 aliphatic rings. The molecule has 0 radical (unpaired) electrons. The van der Waals surface area contributed by atoms with Crippen LogP contribution in [-0.2, 0) is 0 Å². The predicted octanol–water partition coefficient (Wildman–Crippen LogP) is 2.16. The van der Waals surface area contributed by atoms with Gasteiger partial charge >= 0.3 is 0 Å². The Morgan fingerprint density at radius 1 is 1.27 bits per heavy atom. The van der Waals surface area contributed by atoms with Gasteiger partial charge in [-0.25, -0.2) is 13.8 Å². The molecule has 0 fully saturated rings. The van der Waals surface area contributed by atoms with Crippen molar-refractivity contribution in [3.8, 4) is 11.6 Å². The van der Waals surface area contributed by atoms with Crippen LogP contribution in [-0.4, -0.2) is 16.7 Å². The largest absolute Gasteiger partial charge is 0.481 e. The summed E-state index contributed by atoms with van der Waals surface area (Å²) >= 11 is 0. The molecule has 1 heterocycles. The Morgan fingerprint density at radius 3 is 2.53 bits per heavy atom. The number of methoxy groups -OCH3 is 1. The van der Waals surface area contributed by atoms with Crippen LogP contribution in [0, 0.1) is 11.6 Å². The molecule has 0 unspecified atom stereocenters. The number of imidazole rings is 1. The Hall–Kier alpha value is -1.91. The van der Waals surface area contributed by atoms with E-state index in [0.29, 0.717) is 0 Å². The Bertz CT molecular complexity index is 462. The predicted molar refractivity (Wildman–Crippen MR) is 50.0 cm³/mol. The van der Waals surface area contributed by atoms with Crippen LogP contribution in [0.1, 0.15) is 0 Å². The van der Waals surface area contributed by atoms with Gasteiger partial charge in [0.1, 0.15) is 23.6 Å². The zero-order valence-corrected chi connectivity index (χ0v) is 7.95. The fourth-order valence-electron chi connectivity index (χ4n) is 1.32. The molecule has 2 rings (SSSR count). The summed E-state index contributed by atoms with van der Waals surface area (Å²) in [6.45, 7) is 0. The van der Waals surface area contributed by atoms with E-state index in [2.05, 4.69) is 4.98 Å². The molecule has 0 spiro atoms. The van der Waals surface area contributed by atoms with Gasteiger partial charge < -0.3 is 4.74 Å². The zero-order valence-electron chi connectivity index (χ0n) is 7.95. The van der Waals surface area contributed by atoms with Gasteiger partial charge in [0.25, 0.3) is 0 Å². The third-order valence-corrected chi connectivity index (χ3v) is 1.99. The van der Waals surface area contributed by atoms with Crippen molar-refractivity contribution >= 4 is 0 Å². The highest BCUT2D eigenvalue weighted by molar-refractivity contribution is 5.38. The van der Waals surface area contributed by atoms with Crippen molar-refractivity contribution < 1.29 is 13.5 Å². The van der Waals surface area contributed by atoms with Crippen LogP contribution in [0.4, 0.5) is 8.78 Å². The number of hydrogen-bond acceptors (Lipinski definition) is 2. The molecule has 0 atom stereocenters. The second-order valence-corrected chi connectivity index (χ2v) is 2.88. The molecule has 0 aliphatic heterocycles. The first kappa shape index (κ1) is 9.64. The summed E-state index contributed by atoms with van der Waals surface area (Å²) in [7, 11) is 1.41. The van der Waals surface area contributed by atoms with Crippen LogP contribution in [0.25, 0.3) is 5.69 Å². The minimum Gasteiger partial charge on any atom is -0.481 e. The van der Waals surface area contributed by atoms with Crippen molar-refractivity contribution in [2.45, 2.75) is 0 Å². The summed E-state index contributed by atoms with van der Waals surface area (Å²) in [6, 6.07) is 3.66. The molecule has 78 valence electrons. The molecule has 1 aromatic carbocycles.